The Morgan fingerprint density at radius 1 is 1.55 bits per heavy atom. The number of ketones is 1. The lowest BCUT2D eigenvalue weighted by molar-refractivity contribution is -0.110. The first-order chi connectivity index (χ1) is 5.27. The lowest BCUT2D eigenvalue weighted by Gasteiger charge is -2.06. The van der Waals surface area contributed by atoms with E-state index in [1.807, 2.05) is 0 Å². The zero-order valence-corrected chi connectivity index (χ0v) is 5.78. The fourth-order valence-corrected chi connectivity index (χ4v) is 0.902. The number of oxime groups is 1. The van der Waals surface area contributed by atoms with Gasteiger partial charge in [0.2, 0.25) is 5.78 Å². The SMILES string of the molecule is O=CC1=CC(=O)C(=NO)CC1. The number of carbonyl (C=O) groups excluding carboxylic acids is 2. The van der Waals surface area contributed by atoms with Gasteiger partial charge in [-0.1, -0.05) is 5.16 Å². The van der Waals surface area contributed by atoms with Crippen LogP contribution >= 0.6 is 0 Å². The van der Waals surface area contributed by atoms with Crippen LogP contribution in [0.4, 0.5) is 0 Å². The fraction of sp³-hybridized carbons (Fsp3) is 0.286. The molecule has 1 aliphatic carbocycles. The van der Waals surface area contributed by atoms with Crippen molar-refractivity contribution >= 4 is 17.8 Å². The van der Waals surface area contributed by atoms with Gasteiger partial charge in [0.25, 0.3) is 0 Å². The van der Waals surface area contributed by atoms with E-state index in [2.05, 4.69) is 5.16 Å². The molecule has 4 heteroatoms. The number of aldehydes is 1. The molecular weight excluding hydrogens is 146 g/mol. The molecule has 0 fully saturated rings. The second-order valence-corrected chi connectivity index (χ2v) is 2.25. The van der Waals surface area contributed by atoms with Crippen molar-refractivity contribution in [3.8, 4) is 0 Å². The Labute approximate surface area is 63.2 Å². The largest absolute Gasteiger partial charge is 0.411 e. The van der Waals surface area contributed by atoms with Crippen molar-refractivity contribution in [3.63, 3.8) is 0 Å². The first kappa shape index (κ1) is 7.65. The molecule has 4 nitrogen and oxygen atoms in total. The second-order valence-electron chi connectivity index (χ2n) is 2.25. The van der Waals surface area contributed by atoms with E-state index in [1.165, 1.54) is 6.08 Å². The van der Waals surface area contributed by atoms with E-state index in [1.54, 1.807) is 0 Å². The molecule has 1 rings (SSSR count). The van der Waals surface area contributed by atoms with E-state index in [0.717, 1.165) is 0 Å². The number of allylic oxidation sites excluding steroid dienone is 2. The highest BCUT2D eigenvalue weighted by atomic mass is 16.4. The molecule has 0 heterocycles. The van der Waals surface area contributed by atoms with Crippen LogP contribution in [0.1, 0.15) is 12.8 Å². The Kier molecular flexibility index (Phi) is 2.15. The van der Waals surface area contributed by atoms with Gasteiger partial charge in [0, 0.05) is 6.42 Å². The number of hydrogen-bond acceptors (Lipinski definition) is 4. The third kappa shape index (κ3) is 1.52. The zero-order valence-electron chi connectivity index (χ0n) is 5.78. The molecule has 0 aliphatic heterocycles. The van der Waals surface area contributed by atoms with Crippen LogP contribution in [0.2, 0.25) is 0 Å². The quantitative estimate of drug-likeness (QED) is 0.335. The average molecular weight is 153 g/mol. The van der Waals surface area contributed by atoms with Gasteiger partial charge in [-0.25, -0.2) is 0 Å². The van der Waals surface area contributed by atoms with Gasteiger partial charge in [0.15, 0.2) is 0 Å². The summed E-state index contributed by atoms with van der Waals surface area (Å²) < 4.78 is 0. The van der Waals surface area contributed by atoms with Crippen LogP contribution in [-0.4, -0.2) is 23.0 Å². The summed E-state index contributed by atoms with van der Waals surface area (Å²) in [5, 5.41) is 11.1. The summed E-state index contributed by atoms with van der Waals surface area (Å²) >= 11 is 0. The molecule has 0 unspecified atom stereocenters. The molecule has 58 valence electrons. The molecule has 0 atom stereocenters. The van der Waals surface area contributed by atoms with Gasteiger partial charge in [-0.2, -0.15) is 0 Å². The first-order valence-electron chi connectivity index (χ1n) is 3.19. The van der Waals surface area contributed by atoms with Crippen molar-refractivity contribution in [2.24, 2.45) is 5.16 Å². The number of carbonyl (C=O) groups is 2. The van der Waals surface area contributed by atoms with Crippen LogP contribution in [0, 0.1) is 0 Å². The third-order valence-corrected chi connectivity index (χ3v) is 1.52. The number of hydrogen-bond donors (Lipinski definition) is 1. The van der Waals surface area contributed by atoms with Crippen molar-refractivity contribution in [2.75, 3.05) is 0 Å². The Balaban J connectivity index is 2.86. The summed E-state index contributed by atoms with van der Waals surface area (Å²) in [4.78, 5) is 21.0. The van der Waals surface area contributed by atoms with Crippen molar-refractivity contribution in [3.05, 3.63) is 11.6 Å². The van der Waals surface area contributed by atoms with Crippen molar-refractivity contribution in [2.45, 2.75) is 12.8 Å². The molecule has 0 radical (unpaired) electrons. The summed E-state index contributed by atoms with van der Waals surface area (Å²) in [5.41, 5.74) is 0.581. The summed E-state index contributed by atoms with van der Waals surface area (Å²) in [7, 11) is 0. The van der Waals surface area contributed by atoms with E-state index in [-0.39, 0.29) is 11.5 Å². The van der Waals surface area contributed by atoms with E-state index in [9.17, 15) is 9.59 Å². The maximum absolute atomic E-state index is 10.9. The molecule has 1 aliphatic rings. The summed E-state index contributed by atoms with van der Waals surface area (Å²) in [6.07, 6.45) is 2.67. The van der Waals surface area contributed by atoms with Crippen LogP contribution in [0.5, 0.6) is 0 Å². The van der Waals surface area contributed by atoms with Gasteiger partial charge in [-0.3, -0.25) is 9.59 Å². The van der Waals surface area contributed by atoms with Crippen LogP contribution < -0.4 is 0 Å². The van der Waals surface area contributed by atoms with Gasteiger partial charge in [-0.05, 0) is 18.1 Å². The lowest BCUT2D eigenvalue weighted by atomic mass is 9.98. The molecule has 0 bridgehead atoms. The smallest absolute Gasteiger partial charge is 0.203 e. The minimum atomic E-state index is -0.374. The van der Waals surface area contributed by atoms with Crippen molar-refractivity contribution in [1.82, 2.24) is 0 Å². The van der Waals surface area contributed by atoms with Crippen molar-refractivity contribution < 1.29 is 14.8 Å². The molecule has 0 spiro atoms. The minimum Gasteiger partial charge on any atom is -0.411 e. The Morgan fingerprint density at radius 2 is 2.27 bits per heavy atom. The molecule has 0 aromatic heterocycles. The standard InChI is InChI=1S/C7H7NO3/c9-4-5-1-2-6(8-11)7(10)3-5/h3-4,11H,1-2H2. The van der Waals surface area contributed by atoms with E-state index < -0.39 is 0 Å². The maximum Gasteiger partial charge on any atom is 0.203 e. The topological polar surface area (TPSA) is 66.7 Å². The molecule has 11 heavy (non-hydrogen) atoms. The summed E-state index contributed by atoms with van der Waals surface area (Å²) in [6, 6.07) is 0. The Bertz CT molecular complexity index is 252. The van der Waals surface area contributed by atoms with Gasteiger partial charge in [0.1, 0.15) is 12.0 Å². The lowest BCUT2D eigenvalue weighted by Crippen LogP contribution is -2.17. The second kappa shape index (κ2) is 3.09. The van der Waals surface area contributed by atoms with Gasteiger partial charge < -0.3 is 5.21 Å². The van der Waals surface area contributed by atoms with Crippen LogP contribution in [-0.2, 0) is 9.59 Å². The normalized spacial score (nSPS) is 21.6. The Hall–Kier alpha value is -1.45. The monoisotopic (exact) mass is 153 g/mol. The minimum absolute atomic E-state index is 0.121. The predicted octanol–water partition coefficient (Wildman–Crippen LogP) is 0.305. The third-order valence-electron chi connectivity index (χ3n) is 1.52. The van der Waals surface area contributed by atoms with Crippen LogP contribution in [0.15, 0.2) is 16.8 Å². The molecule has 0 saturated carbocycles. The molecule has 0 saturated heterocycles. The zero-order chi connectivity index (χ0) is 8.27. The van der Waals surface area contributed by atoms with Gasteiger partial charge in [0.05, 0.1) is 0 Å². The van der Waals surface area contributed by atoms with Crippen LogP contribution in [0.25, 0.3) is 0 Å². The van der Waals surface area contributed by atoms with E-state index >= 15 is 0 Å². The van der Waals surface area contributed by atoms with Gasteiger partial charge >= 0.3 is 0 Å². The van der Waals surface area contributed by atoms with E-state index in [0.29, 0.717) is 24.7 Å². The first-order valence-corrected chi connectivity index (χ1v) is 3.19. The highest BCUT2D eigenvalue weighted by Gasteiger charge is 2.16. The molecule has 0 aromatic carbocycles. The predicted molar refractivity (Wildman–Crippen MR) is 37.6 cm³/mol. The molecule has 0 aromatic rings. The summed E-state index contributed by atoms with van der Waals surface area (Å²) in [6.45, 7) is 0. The summed E-state index contributed by atoms with van der Waals surface area (Å²) in [5.74, 6) is -0.374. The average Bonchev–Trinajstić information content (AvgIpc) is 2.04. The molecule has 1 N–H and O–H groups in total. The van der Waals surface area contributed by atoms with E-state index in [4.69, 9.17) is 5.21 Å². The molecular formula is C7H7NO3. The molecule has 0 amide bonds. The fourth-order valence-electron chi connectivity index (χ4n) is 0.902. The maximum atomic E-state index is 10.9. The highest BCUT2D eigenvalue weighted by molar-refractivity contribution is 6.45. The van der Waals surface area contributed by atoms with Gasteiger partial charge in [-0.15, -0.1) is 0 Å². The highest BCUT2D eigenvalue weighted by Crippen LogP contribution is 2.10. The van der Waals surface area contributed by atoms with Crippen molar-refractivity contribution in [1.29, 1.82) is 0 Å². The Morgan fingerprint density at radius 3 is 2.73 bits per heavy atom. The van der Waals surface area contributed by atoms with Crippen LogP contribution in [0.3, 0.4) is 0 Å². The number of nitrogens with zero attached hydrogens (tertiary/aromatic N) is 1. The number of rotatable bonds is 1.